The topological polar surface area (TPSA) is 45.4 Å². The molecule has 1 aromatic heterocycles. The average molecular weight is 211 g/mol. The van der Waals surface area contributed by atoms with Crippen molar-refractivity contribution < 1.29 is 9.52 Å². The third-order valence-corrected chi connectivity index (χ3v) is 2.08. The third kappa shape index (κ3) is 4.49. The molecule has 86 valence electrons. The number of aliphatic hydroxyl groups is 1. The van der Waals surface area contributed by atoms with E-state index in [9.17, 15) is 5.11 Å². The zero-order valence-electron chi connectivity index (χ0n) is 10.0. The van der Waals surface area contributed by atoms with Gasteiger partial charge in [0.1, 0.15) is 17.6 Å². The number of hydrogen-bond acceptors (Lipinski definition) is 3. The molecule has 0 aliphatic heterocycles. The molecule has 0 saturated heterocycles. The standard InChI is InChI=1S/C12H21NO2/c1-9-5-6-11(15-9)10(14)7-13-8-12(2,3)4/h5-6,10,13-14H,7-8H2,1-4H3. The van der Waals surface area contributed by atoms with Gasteiger partial charge in [-0.15, -0.1) is 0 Å². The van der Waals surface area contributed by atoms with Crippen LogP contribution >= 0.6 is 0 Å². The Morgan fingerprint density at radius 3 is 2.53 bits per heavy atom. The Kier molecular flexibility index (Phi) is 3.94. The average Bonchev–Trinajstić information content (AvgIpc) is 2.49. The van der Waals surface area contributed by atoms with E-state index in [2.05, 4.69) is 26.1 Å². The highest BCUT2D eigenvalue weighted by Crippen LogP contribution is 2.16. The lowest BCUT2D eigenvalue weighted by atomic mass is 9.97. The summed E-state index contributed by atoms with van der Waals surface area (Å²) in [5, 5.41) is 13.0. The Morgan fingerprint density at radius 2 is 2.07 bits per heavy atom. The molecule has 0 spiro atoms. The van der Waals surface area contributed by atoms with Crippen LogP contribution in [0.4, 0.5) is 0 Å². The molecule has 1 unspecified atom stereocenters. The number of rotatable bonds is 4. The van der Waals surface area contributed by atoms with Crippen molar-refractivity contribution in [3.05, 3.63) is 23.7 Å². The van der Waals surface area contributed by atoms with Crippen molar-refractivity contribution in [2.45, 2.75) is 33.8 Å². The number of aryl methyl sites for hydroxylation is 1. The number of nitrogens with one attached hydrogen (secondary N) is 1. The van der Waals surface area contributed by atoms with Crippen LogP contribution in [-0.2, 0) is 0 Å². The molecule has 1 heterocycles. The normalized spacial score (nSPS) is 14.2. The highest BCUT2D eigenvalue weighted by molar-refractivity contribution is 5.08. The Bertz CT molecular complexity index is 299. The maximum Gasteiger partial charge on any atom is 0.133 e. The van der Waals surface area contributed by atoms with Gasteiger partial charge in [-0.3, -0.25) is 0 Å². The zero-order chi connectivity index (χ0) is 11.5. The minimum atomic E-state index is -0.555. The van der Waals surface area contributed by atoms with E-state index in [1.807, 2.05) is 19.1 Å². The lowest BCUT2D eigenvalue weighted by Crippen LogP contribution is -2.30. The molecule has 0 aliphatic rings. The Morgan fingerprint density at radius 1 is 1.40 bits per heavy atom. The summed E-state index contributed by atoms with van der Waals surface area (Å²) in [6.07, 6.45) is -0.555. The highest BCUT2D eigenvalue weighted by atomic mass is 16.4. The second kappa shape index (κ2) is 4.81. The highest BCUT2D eigenvalue weighted by Gasteiger charge is 2.13. The van der Waals surface area contributed by atoms with E-state index in [0.29, 0.717) is 12.3 Å². The number of aliphatic hydroxyl groups excluding tert-OH is 1. The molecule has 3 nitrogen and oxygen atoms in total. The predicted molar refractivity (Wildman–Crippen MR) is 60.7 cm³/mol. The molecular weight excluding hydrogens is 190 g/mol. The third-order valence-electron chi connectivity index (χ3n) is 2.08. The molecule has 0 aliphatic carbocycles. The Labute approximate surface area is 91.5 Å². The Hall–Kier alpha value is -0.800. The van der Waals surface area contributed by atoms with Crippen LogP contribution < -0.4 is 5.32 Å². The van der Waals surface area contributed by atoms with Gasteiger partial charge in [0.05, 0.1) is 0 Å². The zero-order valence-corrected chi connectivity index (χ0v) is 10.0. The van der Waals surface area contributed by atoms with Crippen LogP contribution in [0.15, 0.2) is 16.5 Å². The molecule has 0 saturated carbocycles. The first-order chi connectivity index (χ1) is 6.88. The van der Waals surface area contributed by atoms with E-state index >= 15 is 0 Å². The van der Waals surface area contributed by atoms with Gasteiger partial charge in [0, 0.05) is 13.1 Å². The first kappa shape index (κ1) is 12.3. The molecule has 1 aromatic rings. The molecule has 3 heteroatoms. The summed E-state index contributed by atoms with van der Waals surface area (Å²) in [5.74, 6) is 1.47. The van der Waals surface area contributed by atoms with E-state index in [4.69, 9.17) is 4.42 Å². The van der Waals surface area contributed by atoms with Crippen LogP contribution in [0.3, 0.4) is 0 Å². The van der Waals surface area contributed by atoms with Crippen molar-refractivity contribution in [1.29, 1.82) is 0 Å². The van der Waals surface area contributed by atoms with Crippen molar-refractivity contribution in [3.63, 3.8) is 0 Å². The monoisotopic (exact) mass is 211 g/mol. The van der Waals surface area contributed by atoms with Gasteiger partial charge >= 0.3 is 0 Å². The van der Waals surface area contributed by atoms with E-state index in [0.717, 1.165) is 12.3 Å². The Balaban J connectivity index is 2.34. The fraction of sp³-hybridized carbons (Fsp3) is 0.667. The molecule has 15 heavy (non-hydrogen) atoms. The predicted octanol–water partition coefficient (Wildman–Crippen LogP) is 2.26. The van der Waals surface area contributed by atoms with Gasteiger partial charge in [-0.25, -0.2) is 0 Å². The molecule has 0 aromatic carbocycles. The van der Waals surface area contributed by atoms with Crippen molar-refractivity contribution in [2.75, 3.05) is 13.1 Å². The van der Waals surface area contributed by atoms with Gasteiger partial charge in [-0.1, -0.05) is 20.8 Å². The molecule has 0 fully saturated rings. The van der Waals surface area contributed by atoms with Gasteiger partial charge in [0.25, 0.3) is 0 Å². The second-order valence-electron chi connectivity index (χ2n) is 5.16. The molecule has 0 radical (unpaired) electrons. The van der Waals surface area contributed by atoms with Gasteiger partial charge < -0.3 is 14.8 Å². The quantitative estimate of drug-likeness (QED) is 0.803. The van der Waals surface area contributed by atoms with Crippen molar-refractivity contribution >= 4 is 0 Å². The number of furan rings is 1. The molecule has 0 bridgehead atoms. The first-order valence-corrected chi connectivity index (χ1v) is 5.33. The van der Waals surface area contributed by atoms with Crippen LogP contribution in [0.25, 0.3) is 0 Å². The van der Waals surface area contributed by atoms with Gasteiger partial charge in [0.2, 0.25) is 0 Å². The summed E-state index contributed by atoms with van der Waals surface area (Å²) in [7, 11) is 0. The summed E-state index contributed by atoms with van der Waals surface area (Å²) in [6, 6.07) is 3.68. The van der Waals surface area contributed by atoms with E-state index in [1.54, 1.807) is 0 Å². The second-order valence-corrected chi connectivity index (χ2v) is 5.16. The van der Waals surface area contributed by atoms with E-state index in [-0.39, 0.29) is 5.41 Å². The van der Waals surface area contributed by atoms with E-state index in [1.165, 1.54) is 0 Å². The maximum atomic E-state index is 9.77. The molecular formula is C12H21NO2. The van der Waals surface area contributed by atoms with Gasteiger partial charge in [0.15, 0.2) is 0 Å². The van der Waals surface area contributed by atoms with Gasteiger partial charge in [-0.05, 0) is 24.5 Å². The van der Waals surface area contributed by atoms with Crippen molar-refractivity contribution in [3.8, 4) is 0 Å². The SMILES string of the molecule is Cc1ccc(C(O)CNCC(C)(C)C)o1. The fourth-order valence-electron chi connectivity index (χ4n) is 1.32. The first-order valence-electron chi connectivity index (χ1n) is 5.33. The molecule has 1 atom stereocenters. The van der Waals surface area contributed by atoms with Crippen molar-refractivity contribution in [2.24, 2.45) is 5.41 Å². The van der Waals surface area contributed by atoms with E-state index < -0.39 is 6.10 Å². The molecule has 1 rings (SSSR count). The summed E-state index contributed by atoms with van der Waals surface area (Å²) >= 11 is 0. The molecule has 0 amide bonds. The summed E-state index contributed by atoms with van der Waals surface area (Å²) in [6.45, 7) is 9.75. The lowest BCUT2D eigenvalue weighted by molar-refractivity contribution is 0.142. The summed E-state index contributed by atoms with van der Waals surface area (Å²) < 4.78 is 5.34. The van der Waals surface area contributed by atoms with Crippen LogP contribution in [0.5, 0.6) is 0 Å². The lowest BCUT2D eigenvalue weighted by Gasteiger charge is -2.19. The van der Waals surface area contributed by atoms with Gasteiger partial charge in [-0.2, -0.15) is 0 Å². The largest absolute Gasteiger partial charge is 0.464 e. The van der Waals surface area contributed by atoms with Crippen LogP contribution in [0.2, 0.25) is 0 Å². The van der Waals surface area contributed by atoms with Crippen LogP contribution in [0, 0.1) is 12.3 Å². The smallest absolute Gasteiger partial charge is 0.133 e. The molecule has 2 N–H and O–H groups in total. The summed E-state index contributed by atoms with van der Waals surface area (Å²) in [5.41, 5.74) is 0.235. The summed E-state index contributed by atoms with van der Waals surface area (Å²) in [4.78, 5) is 0. The fourth-order valence-corrected chi connectivity index (χ4v) is 1.32. The van der Waals surface area contributed by atoms with Crippen LogP contribution in [0.1, 0.15) is 38.4 Å². The maximum absolute atomic E-state index is 9.77. The van der Waals surface area contributed by atoms with Crippen LogP contribution in [-0.4, -0.2) is 18.2 Å². The number of hydrogen-bond donors (Lipinski definition) is 2. The van der Waals surface area contributed by atoms with Crippen molar-refractivity contribution in [1.82, 2.24) is 5.32 Å². The minimum Gasteiger partial charge on any atom is -0.464 e. The minimum absolute atomic E-state index is 0.235.